The fraction of sp³-hybridized carbons (Fsp3) is 0.273. The van der Waals surface area contributed by atoms with Crippen molar-refractivity contribution in [2.75, 3.05) is 13.6 Å². The summed E-state index contributed by atoms with van der Waals surface area (Å²) in [6.07, 6.45) is 0.854. The summed E-state index contributed by atoms with van der Waals surface area (Å²) in [6.45, 7) is 0.0834. The van der Waals surface area contributed by atoms with Gasteiger partial charge in [-0.25, -0.2) is 4.39 Å². The molecule has 0 unspecified atom stereocenters. The first-order valence-corrected chi connectivity index (χ1v) is 4.55. The van der Waals surface area contributed by atoms with Gasteiger partial charge < -0.3 is 9.69 Å². The standard InChI is InChI=1S/C11H12FNO2/c1-13(6-7-14)11(15)8-9-2-4-10(12)5-3-9/h2-5,7H,6,8H2,1H3. The Balaban J connectivity index is 2.58. The number of nitrogens with zero attached hydrogens (tertiary/aromatic N) is 1. The average molecular weight is 209 g/mol. The first-order valence-electron chi connectivity index (χ1n) is 4.55. The maximum absolute atomic E-state index is 12.6. The van der Waals surface area contributed by atoms with Crippen molar-refractivity contribution in [1.82, 2.24) is 4.90 Å². The van der Waals surface area contributed by atoms with Crippen molar-refractivity contribution in [3.63, 3.8) is 0 Å². The molecular formula is C11H12FNO2. The summed E-state index contributed by atoms with van der Waals surface area (Å²) >= 11 is 0. The molecule has 1 aromatic rings. The van der Waals surface area contributed by atoms with E-state index in [2.05, 4.69) is 0 Å². The first-order chi connectivity index (χ1) is 7.13. The van der Waals surface area contributed by atoms with Gasteiger partial charge in [0.2, 0.25) is 5.91 Å². The molecule has 15 heavy (non-hydrogen) atoms. The summed E-state index contributed by atoms with van der Waals surface area (Å²) in [7, 11) is 1.56. The van der Waals surface area contributed by atoms with Crippen LogP contribution in [0.15, 0.2) is 24.3 Å². The number of rotatable bonds is 4. The third-order valence-electron chi connectivity index (χ3n) is 2.04. The van der Waals surface area contributed by atoms with E-state index in [1.165, 1.54) is 17.0 Å². The number of carbonyl (C=O) groups excluding carboxylic acids is 2. The lowest BCUT2D eigenvalue weighted by Gasteiger charge is -2.13. The number of halogens is 1. The van der Waals surface area contributed by atoms with Gasteiger partial charge in [-0.1, -0.05) is 12.1 Å². The number of likely N-dealkylation sites (N-methyl/N-ethyl adjacent to an activating group) is 1. The molecule has 4 heteroatoms. The third kappa shape index (κ3) is 3.50. The molecule has 0 bridgehead atoms. The summed E-state index contributed by atoms with van der Waals surface area (Å²) in [6, 6.07) is 5.73. The topological polar surface area (TPSA) is 37.4 Å². The monoisotopic (exact) mass is 209 g/mol. The molecule has 0 fully saturated rings. The molecule has 1 amide bonds. The molecular weight excluding hydrogens is 197 g/mol. The van der Waals surface area contributed by atoms with Gasteiger partial charge >= 0.3 is 0 Å². The highest BCUT2D eigenvalue weighted by molar-refractivity contribution is 5.80. The van der Waals surface area contributed by atoms with E-state index in [1.54, 1.807) is 19.2 Å². The van der Waals surface area contributed by atoms with E-state index < -0.39 is 0 Å². The molecule has 0 aliphatic carbocycles. The van der Waals surface area contributed by atoms with Crippen LogP contribution in [0.4, 0.5) is 4.39 Å². The van der Waals surface area contributed by atoms with Gasteiger partial charge in [-0.3, -0.25) is 4.79 Å². The predicted octanol–water partition coefficient (Wildman–Crippen LogP) is 1.03. The van der Waals surface area contributed by atoms with Crippen molar-refractivity contribution in [3.8, 4) is 0 Å². The lowest BCUT2D eigenvalue weighted by Crippen LogP contribution is -2.29. The van der Waals surface area contributed by atoms with Crippen LogP contribution in [0, 0.1) is 5.82 Å². The molecule has 3 nitrogen and oxygen atoms in total. The van der Waals surface area contributed by atoms with Gasteiger partial charge in [0.25, 0.3) is 0 Å². The average Bonchev–Trinajstić information content (AvgIpc) is 2.22. The van der Waals surface area contributed by atoms with Crippen LogP contribution in [-0.2, 0) is 16.0 Å². The number of amides is 1. The number of hydrogen-bond donors (Lipinski definition) is 0. The van der Waals surface area contributed by atoms with Crippen molar-refractivity contribution >= 4 is 12.2 Å². The van der Waals surface area contributed by atoms with Crippen LogP contribution >= 0.6 is 0 Å². The zero-order valence-electron chi connectivity index (χ0n) is 8.44. The Morgan fingerprint density at radius 3 is 2.53 bits per heavy atom. The highest BCUT2D eigenvalue weighted by Crippen LogP contribution is 2.04. The molecule has 0 atom stereocenters. The quantitative estimate of drug-likeness (QED) is 0.694. The van der Waals surface area contributed by atoms with Gasteiger partial charge in [0.1, 0.15) is 12.1 Å². The Kier molecular flexibility index (Phi) is 3.97. The van der Waals surface area contributed by atoms with Gasteiger partial charge in [0.05, 0.1) is 13.0 Å². The van der Waals surface area contributed by atoms with E-state index in [0.29, 0.717) is 6.29 Å². The molecule has 0 radical (unpaired) electrons. The lowest BCUT2D eigenvalue weighted by atomic mass is 10.1. The Hall–Kier alpha value is -1.71. The van der Waals surface area contributed by atoms with Gasteiger partial charge in [-0.2, -0.15) is 0 Å². The Labute approximate surface area is 87.5 Å². The second-order valence-corrected chi connectivity index (χ2v) is 3.24. The molecule has 1 rings (SSSR count). The normalized spacial score (nSPS) is 9.73. The number of hydrogen-bond acceptors (Lipinski definition) is 2. The summed E-state index contributed by atoms with van der Waals surface area (Å²) in [5.41, 5.74) is 0.735. The molecule has 0 spiro atoms. The molecule has 0 aromatic heterocycles. The van der Waals surface area contributed by atoms with Gasteiger partial charge in [-0.05, 0) is 17.7 Å². The minimum Gasteiger partial charge on any atom is -0.338 e. The van der Waals surface area contributed by atoms with Gasteiger partial charge in [0.15, 0.2) is 0 Å². The lowest BCUT2D eigenvalue weighted by molar-refractivity contribution is -0.131. The number of aldehydes is 1. The number of carbonyl (C=O) groups is 2. The molecule has 1 aromatic carbocycles. The zero-order valence-corrected chi connectivity index (χ0v) is 8.44. The van der Waals surface area contributed by atoms with Crippen LogP contribution in [0.25, 0.3) is 0 Å². The fourth-order valence-electron chi connectivity index (χ4n) is 1.13. The summed E-state index contributed by atoms with van der Waals surface area (Å²) < 4.78 is 12.6. The van der Waals surface area contributed by atoms with Crippen molar-refractivity contribution in [1.29, 1.82) is 0 Å². The minimum absolute atomic E-state index is 0.0834. The highest BCUT2D eigenvalue weighted by atomic mass is 19.1. The minimum atomic E-state index is -0.326. The Bertz CT molecular complexity index is 348. The van der Waals surface area contributed by atoms with E-state index in [-0.39, 0.29) is 24.7 Å². The summed E-state index contributed by atoms with van der Waals surface area (Å²) in [5.74, 6) is -0.485. The van der Waals surface area contributed by atoms with Gasteiger partial charge in [0, 0.05) is 7.05 Å². The van der Waals surface area contributed by atoms with Crippen LogP contribution < -0.4 is 0 Å². The zero-order chi connectivity index (χ0) is 11.3. The van der Waals surface area contributed by atoms with Crippen LogP contribution in [0.5, 0.6) is 0 Å². The number of benzene rings is 1. The highest BCUT2D eigenvalue weighted by Gasteiger charge is 2.08. The van der Waals surface area contributed by atoms with E-state index >= 15 is 0 Å². The van der Waals surface area contributed by atoms with E-state index in [4.69, 9.17) is 0 Å². The molecule has 80 valence electrons. The van der Waals surface area contributed by atoms with Crippen molar-refractivity contribution in [2.45, 2.75) is 6.42 Å². The second kappa shape index (κ2) is 5.24. The van der Waals surface area contributed by atoms with Crippen LogP contribution in [0.1, 0.15) is 5.56 Å². The fourth-order valence-corrected chi connectivity index (χ4v) is 1.13. The van der Waals surface area contributed by atoms with Crippen molar-refractivity contribution in [3.05, 3.63) is 35.6 Å². The van der Waals surface area contributed by atoms with Crippen LogP contribution in [0.3, 0.4) is 0 Å². The maximum atomic E-state index is 12.6. The molecule has 0 aliphatic heterocycles. The molecule has 0 saturated heterocycles. The maximum Gasteiger partial charge on any atom is 0.227 e. The molecule has 0 aliphatic rings. The van der Waals surface area contributed by atoms with E-state index in [0.717, 1.165) is 5.56 Å². The van der Waals surface area contributed by atoms with E-state index in [9.17, 15) is 14.0 Å². The largest absolute Gasteiger partial charge is 0.338 e. The second-order valence-electron chi connectivity index (χ2n) is 3.24. The Morgan fingerprint density at radius 2 is 2.00 bits per heavy atom. The van der Waals surface area contributed by atoms with Crippen molar-refractivity contribution in [2.24, 2.45) is 0 Å². The van der Waals surface area contributed by atoms with Crippen molar-refractivity contribution < 1.29 is 14.0 Å². The third-order valence-corrected chi connectivity index (χ3v) is 2.04. The summed E-state index contributed by atoms with van der Waals surface area (Å²) in [4.78, 5) is 23.0. The summed E-state index contributed by atoms with van der Waals surface area (Å²) in [5, 5.41) is 0. The predicted molar refractivity (Wildman–Crippen MR) is 53.8 cm³/mol. The Morgan fingerprint density at radius 1 is 1.40 bits per heavy atom. The smallest absolute Gasteiger partial charge is 0.227 e. The molecule has 0 saturated carbocycles. The van der Waals surface area contributed by atoms with E-state index in [1.807, 2.05) is 0 Å². The SMILES string of the molecule is CN(CC=O)C(=O)Cc1ccc(F)cc1. The molecule has 0 heterocycles. The van der Waals surface area contributed by atoms with Crippen LogP contribution in [-0.4, -0.2) is 30.7 Å². The van der Waals surface area contributed by atoms with Gasteiger partial charge in [-0.15, -0.1) is 0 Å². The first kappa shape index (κ1) is 11.4. The van der Waals surface area contributed by atoms with Crippen LogP contribution in [0.2, 0.25) is 0 Å². The molecule has 0 N–H and O–H groups in total.